The van der Waals surface area contributed by atoms with Gasteiger partial charge in [0.05, 0.1) is 4.75 Å². The summed E-state index contributed by atoms with van der Waals surface area (Å²) in [7, 11) is -1.12. The quantitative estimate of drug-likeness (QED) is 0.820. The second-order valence-corrected chi connectivity index (χ2v) is 9.15. The maximum atomic E-state index is 11.8. The Balaban J connectivity index is 2.91. The van der Waals surface area contributed by atoms with Crippen LogP contribution in [0.15, 0.2) is 28.7 Å². The summed E-state index contributed by atoms with van der Waals surface area (Å²) in [5, 5.41) is 0. The highest BCUT2D eigenvalue weighted by Crippen LogP contribution is 2.28. The van der Waals surface area contributed by atoms with E-state index in [2.05, 4.69) is 33.8 Å². The van der Waals surface area contributed by atoms with Crippen molar-refractivity contribution in [3.63, 3.8) is 0 Å². The average Bonchev–Trinajstić information content (AvgIpc) is 2.26. The summed E-state index contributed by atoms with van der Waals surface area (Å²) >= 11 is 3.54. The van der Waals surface area contributed by atoms with Crippen LogP contribution in [0, 0.1) is 0 Å². The first-order valence-electron chi connectivity index (χ1n) is 6.20. The van der Waals surface area contributed by atoms with Gasteiger partial charge in [0.1, 0.15) is 0 Å². The molecule has 108 valence electrons. The van der Waals surface area contributed by atoms with Gasteiger partial charge in [-0.2, -0.15) is 0 Å². The minimum absolute atomic E-state index is 0.150. The molecule has 0 saturated heterocycles. The fraction of sp³-hybridized carbons (Fsp3) is 0.571. The van der Waals surface area contributed by atoms with Gasteiger partial charge in [0.15, 0.2) is 9.84 Å². The monoisotopic (exact) mass is 347 g/mol. The van der Waals surface area contributed by atoms with Crippen LogP contribution in [0.2, 0.25) is 0 Å². The van der Waals surface area contributed by atoms with E-state index in [0.29, 0.717) is 6.54 Å². The van der Waals surface area contributed by atoms with E-state index >= 15 is 0 Å². The summed E-state index contributed by atoms with van der Waals surface area (Å²) in [5.74, 6) is 0. The molecule has 0 saturated carbocycles. The van der Waals surface area contributed by atoms with Crippen LogP contribution >= 0.6 is 15.9 Å². The first-order valence-corrected chi connectivity index (χ1v) is 8.89. The molecule has 0 heterocycles. The van der Waals surface area contributed by atoms with Gasteiger partial charge in [-0.05, 0) is 39.4 Å². The third-order valence-corrected chi connectivity index (χ3v) is 6.51. The van der Waals surface area contributed by atoms with Crippen LogP contribution in [-0.2, 0) is 9.84 Å². The largest absolute Gasteiger partial charge is 0.298 e. The van der Waals surface area contributed by atoms with E-state index in [-0.39, 0.29) is 6.04 Å². The maximum Gasteiger partial charge on any atom is 0.153 e. The van der Waals surface area contributed by atoms with E-state index in [1.165, 1.54) is 6.26 Å². The summed E-state index contributed by atoms with van der Waals surface area (Å²) < 4.78 is 23.9. The molecule has 0 fully saturated rings. The maximum absolute atomic E-state index is 11.8. The normalized spacial score (nSPS) is 14.7. The van der Waals surface area contributed by atoms with Crippen molar-refractivity contribution < 1.29 is 8.42 Å². The summed E-state index contributed by atoms with van der Waals surface area (Å²) in [6.45, 7) is 6.12. The van der Waals surface area contributed by atoms with E-state index in [1.807, 2.05) is 25.2 Å². The summed E-state index contributed by atoms with van der Waals surface area (Å²) in [6.07, 6.45) is 1.30. The van der Waals surface area contributed by atoms with Crippen LogP contribution in [-0.4, -0.2) is 37.9 Å². The molecule has 1 rings (SSSR count). The summed E-state index contributed by atoms with van der Waals surface area (Å²) in [5.41, 5.74) is 1.16. The van der Waals surface area contributed by atoms with Gasteiger partial charge in [0.25, 0.3) is 0 Å². The molecule has 0 N–H and O–H groups in total. The molecule has 1 unspecified atom stereocenters. The number of sulfone groups is 1. The first-order chi connectivity index (χ1) is 8.56. The lowest BCUT2D eigenvalue weighted by Crippen LogP contribution is -2.43. The minimum atomic E-state index is -3.08. The molecule has 1 atom stereocenters. The molecule has 19 heavy (non-hydrogen) atoms. The van der Waals surface area contributed by atoms with Gasteiger partial charge in [0, 0.05) is 23.3 Å². The Kier molecular flexibility index (Phi) is 5.21. The Labute approximate surface area is 125 Å². The molecule has 0 bridgehead atoms. The lowest BCUT2D eigenvalue weighted by Gasteiger charge is -2.33. The average molecular weight is 348 g/mol. The van der Waals surface area contributed by atoms with E-state index < -0.39 is 14.6 Å². The van der Waals surface area contributed by atoms with Crippen LogP contribution < -0.4 is 0 Å². The van der Waals surface area contributed by atoms with Crippen molar-refractivity contribution in [1.82, 2.24) is 4.90 Å². The molecule has 0 aliphatic heterocycles. The zero-order valence-electron chi connectivity index (χ0n) is 12.1. The molecule has 0 spiro atoms. The van der Waals surface area contributed by atoms with Gasteiger partial charge in [-0.1, -0.05) is 34.1 Å². The van der Waals surface area contributed by atoms with Crippen LogP contribution in [0.5, 0.6) is 0 Å². The number of hydrogen-bond acceptors (Lipinski definition) is 3. The summed E-state index contributed by atoms with van der Waals surface area (Å²) in [4.78, 5) is 2.07. The number of rotatable bonds is 5. The third kappa shape index (κ3) is 4.04. The molecular formula is C14H22BrNO2S. The Hall–Kier alpha value is -0.390. The smallest absolute Gasteiger partial charge is 0.153 e. The summed E-state index contributed by atoms with van der Waals surface area (Å²) in [6, 6.07) is 8.17. The second-order valence-electron chi connectivity index (χ2n) is 5.64. The van der Waals surface area contributed by atoms with Gasteiger partial charge < -0.3 is 0 Å². The predicted molar refractivity (Wildman–Crippen MR) is 84.1 cm³/mol. The molecule has 3 nitrogen and oxygen atoms in total. The molecule has 5 heteroatoms. The molecule has 0 aliphatic rings. The number of halogens is 1. The zero-order chi connectivity index (χ0) is 14.8. The molecular weight excluding hydrogens is 326 g/mol. The van der Waals surface area contributed by atoms with Crippen molar-refractivity contribution in [2.45, 2.75) is 31.6 Å². The van der Waals surface area contributed by atoms with Gasteiger partial charge in [-0.15, -0.1) is 0 Å². The highest BCUT2D eigenvalue weighted by Gasteiger charge is 2.32. The van der Waals surface area contributed by atoms with Gasteiger partial charge >= 0.3 is 0 Å². The molecule has 0 radical (unpaired) electrons. The van der Waals surface area contributed by atoms with Gasteiger partial charge in [-0.25, -0.2) is 8.42 Å². The standard InChI is InChI=1S/C14H22BrNO2S/c1-11(12-8-6-7-9-13(12)15)16(4)10-14(2,3)19(5,17)18/h6-9,11H,10H2,1-5H3. The van der Waals surface area contributed by atoms with Crippen LogP contribution in [0.1, 0.15) is 32.4 Å². The molecule has 0 amide bonds. The van der Waals surface area contributed by atoms with E-state index in [4.69, 9.17) is 0 Å². The molecule has 1 aromatic rings. The Morgan fingerprint density at radius 2 is 1.84 bits per heavy atom. The third-order valence-electron chi connectivity index (χ3n) is 3.65. The lowest BCUT2D eigenvalue weighted by molar-refractivity contribution is 0.239. The van der Waals surface area contributed by atoms with Crippen molar-refractivity contribution in [1.29, 1.82) is 0 Å². The fourth-order valence-corrected chi connectivity index (χ4v) is 2.96. The van der Waals surface area contributed by atoms with E-state index in [9.17, 15) is 8.42 Å². The second kappa shape index (κ2) is 5.94. The highest BCUT2D eigenvalue weighted by atomic mass is 79.9. The van der Waals surface area contributed by atoms with Crippen molar-refractivity contribution in [2.24, 2.45) is 0 Å². The number of benzene rings is 1. The lowest BCUT2D eigenvalue weighted by atomic mass is 10.1. The molecule has 0 aliphatic carbocycles. The van der Waals surface area contributed by atoms with Crippen molar-refractivity contribution in [3.05, 3.63) is 34.3 Å². The highest BCUT2D eigenvalue weighted by molar-refractivity contribution is 9.10. The van der Waals surface area contributed by atoms with Crippen molar-refractivity contribution >= 4 is 25.8 Å². The Morgan fingerprint density at radius 3 is 2.32 bits per heavy atom. The SMILES string of the molecule is CC(c1ccccc1Br)N(C)CC(C)(C)S(C)(=O)=O. The van der Waals surface area contributed by atoms with Crippen molar-refractivity contribution in [2.75, 3.05) is 19.8 Å². The Bertz CT molecular complexity index is 540. The predicted octanol–water partition coefficient (Wildman–Crippen LogP) is 3.27. The fourth-order valence-electron chi connectivity index (χ4n) is 1.91. The Morgan fingerprint density at radius 1 is 1.32 bits per heavy atom. The van der Waals surface area contributed by atoms with Crippen LogP contribution in [0.25, 0.3) is 0 Å². The zero-order valence-corrected chi connectivity index (χ0v) is 14.5. The van der Waals surface area contributed by atoms with E-state index in [0.717, 1.165) is 10.0 Å². The topological polar surface area (TPSA) is 37.4 Å². The van der Waals surface area contributed by atoms with Crippen molar-refractivity contribution in [3.8, 4) is 0 Å². The van der Waals surface area contributed by atoms with Gasteiger partial charge in [0.2, 0.25) is 0 Å². The number of nitrogens with zero attached hydrogens (tertiary/aromatic N) is 1. The first kappa shape index (κ1) is 16.7. The van der Waals surface area contributed by atoms with Gasteiger partial charge in [-0.3, -0.25) is 4.90 Å². The van der Waals surface area contributed by atoms with Crippen LogP contribution in [0.3, 0.4) is 0 Å². The molecule has 1 aromatic carbocycles. The van der Waals surface area contributed by atoms with E-state index in [1.54, 1.807) is 13.8 Å². The number of hydrogen-bond donors (Lipinski definition) is 0. The minimum Gasteiger partial charge on any atom is -0.298 e. The van der Waals surface area contributed by atoms with Crippen LogP contribution in [0.4, 0.5) is 0 Å². The molecule has 0 aromatic heterocycles.